The second-order valence-electron chi connectivity index (χ2n) is 4.37. The Hall–Kier alpha value is -1.57. The van der Waals surface area contributed by atoms with E-state index in [9.17, 15) is 10.4 Å². The first kappa shape index (κ1) is 14.8. The summed E-state index contributed by atoms with van der Waals surface area (Å²) in [6.07, 6.45) is 1.79. The molecule has 0 aliphatic rings. The van der Waals surface area contributed by atoms with Crippen LogP contribution in [0, 0.1) is 18.3 Å². The molecule has 2 aromatic carbocycles. The minimum absolute atomic E-state index is 0.149. The van der Waals surface area contributed by atoms with E-state index in [4.69, 9.17) is 0 Å². The molecule has 0 aliphatic heterocycles. The van der Waals surface area contributed by atoms with Crippen molar-refractivity contribution in [3.8, 4) is 11.8 Å². The molecule has 0 amide bonds. The lowest BCUT2D eigenvalue weighted by Gasteiger charge is -2.04. The lowest BCUT2D eigenvalue weighted by Crippen LogP contribution is -1.84. The Bertz CT molecular complexity index is 689. The number of benzene rings is 2. The predicted molar refractivity (Wildman–Crippen MR) is 88.2 cm³/mol. The Labute approximate surface area is 134 Å². The number of aryl methyl sites for hydroxylation is 1. The van der Waals surface area contributed by atoms with Crippen LogP contribution in [0.3, 0.4) is 0 Å². The third-order valence-electron chi connectivity index (χ3n) is 2.83. The highest BCUT2D eigenvalue weighted by Crippen LogP contribution is 2.34. The number of nitriles is 1. The minimum atomic E-state index is 0.149. The molecule has 2 aromatic rings. The third-order valence-corrected chi connectivity index (χ3v) is 4.04. The van der Waals surface area contributed by atoms with Crippen molar-refractivity contribution >= 4 is 43.5 Å². The number of hydrogen-bond acceptors (Lipinski definition) is 2. The lowest BCUT2D eigenvalue weighted by atomic mass is 10.0. The van der Waals surface area contributed by atoms with Gasteiger partial charge in [0.15, 0.2) is 0 Å². The maximum atomic E-state index is 9.69. The fourth-order valence-corrected chi connectivity index (χ4v) is 2.97. The minimum Gasteiger partial charge on any atom is -0.506 e. The van der Waals surface area contributed by atoms with Crippen molar-refractivity contribution in [2.24, 2.45) is 0 Å². The molecule has 0 aliphatic carbocycles. The van der Waals surface area contributed by atoms with Gasteiger partial charge < -0.3 is 5.11 Å². The van der Waals surface area contributed by atoms with Crippen molar-refractivity contribution in [3.63, 3.8) is 0 Å². The van der Waals surface area contributed by atoms with Gasteiger partial charge in [0.05, 0.1) is 20.6 Å². The van der Waals surface area contributed by atoms with Crippen LogP contribution in [0.2, 0.25) is 0 Å². The highest BCUT2D eigenvalue weighted by Gasteiger charge is 2.06. The topological polar surface area (TPSA) is 44.0 Å². The Morgan fingerprint density at radius 1 is 1.15 bits per heavy atom. The van der Waals surface area contributed by atoms with Gasteiger partial charge in [-0.05, 0) is 68.1 Å². The molecule has 0 fully saturated rings. The molecule has 0 spiro atoms. The first-order valence-corrected chi connectivity index (χ1v) is 7.46. The van der Waals surface area contributed by atoms with Crippen LogP contribution in [0.1, 0.15) is 16.7 Å². The molecule has 100 valence electrons. The summed E-state index contributed by atoms with van der Waals surface area (Å²) in [5.74, 6) is 0.149. The molecule has 0 heterocycles. The smallest absolute Gasteiger partial charge is 0.143 e. The number of aromatic hydroxyl groups is 1. The fraction of sp³-hybridized carbons (Fsp3) is 0.0625. The van der Waals surface area contributed by atoms with Crippen molar-refractivity contribution in [1.29, 1.82) is 5.26 Å². The van der Waals surface area contributed by atoms with E-state index in [2.05, 4.69) is 37.9 Å². The van der Waals surface area contributed by atoms with Crippen LogP contribution in [-0.2, 0) is 0 Å². The summed E-state index contributed by atoms with van der Waals surface area (Å²) in [7, 11) is 0. The van der Waals surface area contributed by atoms with Gasteiger partial charge in [-0.15, -0.1) is 0 Å². The van der Waals surface area contributed by atoms with E-state index < -0.39 is 0 Å². The summed E-state index contributed by atoms with van der Waals surface area (Å²) in [6, 6.07) is 13.5. The van der Waals surface area contributed by atoms with Gasteiger partial charge in [0.1, 0.15) is 5.75 Å². The lowest BCUT2D eigenvalue weighted by molar-refractivity contribution is 0.468. The van der Waals surface area contributed by atoms with Gasteiger partial charge >= 0.3 is 0 Å². The standard InChI is InChI=1S/C16H11Br2NO/c1-10-2-4-12(5-3-10)13(9-19)6-11-7-14(17)16(20)15(18)8-11/h2-8,20H,1H3/b13-6+. The van der Waals surface area contributed by atoms with Gasteiger partial charge in [-0.1, -0.05) is 29.8 Å². The average molecular weight is 393 g/mol. The highest BCUT2D eigenvalue weighted by atomic mass is 79.9. The SMILES string of the molecule is Cc1ccc(/C(C#N)=C/c2cc(Br)c(O)c(Br)c2)cc1. The predicted octanol–water partition coefficient (Wildman–Crippen LogP) is 5.29. The highest BCUT2D eigenvalue weighted by molar-refractivity contribution is 9.11. The van der Waals surface area contributed by atoms with Crippen LogP contribution >= 0.6 is 31.9 Å². The zero-order valence-electron chi connectivity index (χ0n) is 10.7. The summed E-state index contributed by atoms with van der Waals surface area (Å²) in [5.41, 5.74) is 3.44. The normalized spacial score (nSPS) is 11.2. The van der Waals surface area contributed by atoms with Gasteiger partial charge in [-0.3, -0.25) is 0 Å². The van der Waals surface area contributed by atoms with E-state index in [1.807, 2.05) is 31.2 Å². The molecule has 0 saturated carbocycles. The van der Waals surface area contributed by atoms with Gasteiger partial charge in [-0.2, -0.15) is 5.26 Å². The number of phenols is 1. The summed E-state index contributed by atoms with van der Waals surface area (Å²) in [6.45, 7) is 2.01. The van der Waals surface area contributed by atoms with Gasteiger partial charge in [0.2, 0.25) is 0 Å². The fourth-order valence-electron chi connectivity index (χ4n) is 1.75. The first-order chi connectivity index (χ1) is 9.51. The van der Waals surface area contributed by atoms with Crippen LogP contribution in [0.4, 0.5) is 0 Å². The molecule has 0 radical (unpaired) electrons. The Balaban J connectivity index is 2.47. The third kappa shape index (κ3) is 3.30. The zero-order chi connectivity index (χ0) is 14.7. The van der Waals surface area contributed by atoms with Crippen molar-refractivity contribution < 1.29 is 5.11 Å². The number of nitrogens with zero attached hydrogens (tertiary/aromatic N) is 1. The molecule has 0 atom stereocenters. The van der Waals surface area contributed by atoms with Crippen molar-refractivity contribution in [3.05, 3.63) is 62.0 Å². The van der Waals surface area contributed by atoms with Crippen LogP contribution in [0.15, 0.2) is 45.3 Å². The maximum absolute atomic E-state index is 9.69. The van der Waals surface area contributed by atoms with E-state index in [0.717, 1.165) is 16.7 Å². The second kappa shape index (κ2) is 6.25. The molecular formula is C16H11Br2NO. The van der Waals surface area contributed by atoms with E-state index in [1.54, 1.807) is 18.2 Å². The van der Waals surface area contributed by atoms with Gasteiger partial charge in [0.25, 0.3) is 0 Å². The van der Waals surface area contributed by atoms with Crippen LogP contribution < -0.4 is 0 Å². The van der Waals surface area contributed by atoms with Crippen molar-refractivity contribution in [1.82, 2.24) is 0 Å². The quantitative estimate of drug-likeness (QED) is 0.557. The number of rotatable bonds is 2. The van der Waals surface area contributed by atoms with Gasteiger partial charge in [0, 0.05) is 0 Å². The molecule has 0 bridgehead atoms. The molecule has 0 saturated heterocycles. The monoisotopic (exact) mass is 391 g/mol. The van der Waals surface area contributed by atoms with E-state index in [1.165, 1.54) is 0 Å². The number of phenolic OH excluding ortho intramolecular Hbond substituents is 1. The zero-order valence-corrected chi connectivity index (χ0v) is 13.9. The number of halogens is 2. The van der Waals surface area contributed by atoms with E-state index in [0.29, 0.717) is 14.5 Å². The molecule has 1 N–H and O–H groups in total. The van der Waals surface area contributed by atoms with Crippen LogP contribution in [0.5, 0.6) is 5.75 Å². The van der Waals surface area contributed by atoms with Crippen LogP contribution in [-0.4, -0.2) is 5.11 Å². The first-order valence-electron chi connectivity index (χ1n) is 5.88. The van der Waals surface area contributed by atoms with E-state index >= 15 is 0 Å². The molecule has 2 nitrogen and oxygen atoms in total. The summed E-state index contributed by atoms with van der Waals surface area (Å²) in [4.78, 5) is 0. The molecule has 0 aromatic heterocycles. The Morgan fingerprint density at radius 3 is 2.20 bits per heavy atom. The molecule has 20 heavy (non-hydrogen) atoms. The molecule has 2 rings (SSSR count). The molecule has 0 unspecified atom stereocenters. The number of hydrogen-bond donors (Lipinski definition) is 1. The second-order valence-corrected chi connectivity index (χ2v) is 6.08. The summed E-state index contributed by atoms with van der Waals surface area (Å²) < 4.78 is 1.17. The Kier molecular flexibility index (Phi) is 4.64. The van der Waals surface area contributed by atoms with Crippen LogP contribution in [0.25, 0.3) is 11.6 Å². The van der Waals surface area contributed by atoms with Gasteiger partial charge in [-0.25, -0.2) is 0 Å². The molecular weight excluding hydrogens is 382 g/mol. The van der Waals surface area contributed by atoms with E-state index in [-0.39, 0.29) is 5.75 Å². The van der Waals surface area contributed by atoms with Crippen molar-refractivity contribution in [2.45, 2.75) is 6.92 Å². The number of allylic oxidation sites excluding steroid dienone is 1. The average Bonchev–Trinajstić information content (AvgIpc) is 2.43. The molecule has 4 heteroatoms. The summed E-state index contributed by atoms with van der Waals surface area (Å²) >= 11 is 6.56. The Morgan fingerprint density at radius 2 is 1.70 bits per heavy atom. The van der Waals surface area contributed by atoms with Crippen molar-refractivity contribution in [2.75, 3.05) is 0 Å². The summed E-state index contributed by atoms with van der Waals surface area (Å²) in [5, 5.41) is 19.0. The largest absolute Gasteiger partial charge is 0.506 e. The maximum Gasteiger partial charge on any atom is 0.143 e.